The van der Waals surface area contributed by atoms with Gasteiger partial charge in [-0.25, -0.2) is 0 Å². The van der Waals surface area contributed by atoms with Crippen LogP contribution >= 0.6 is 34.8 Å². The van der Waals surface area contributed by atoms with Gasteiger partial charge in [0.2, 0.25) is 0 Å². The molecular weight excluding hydrogens is 280 g/mol. The van der Waals surface area contributed by atoms with Crippen molar-refractivity contribution in [2.24, 2.45) is 0 Å². The SMILES string of the molecule is Nc1ccc(Cl)cc1Oc1ccc(Cl)cc1Cl. The Morgan fingerprint density at radius 3 is 2.18 bits per heavy atom. The van der Waals surface area contributed by atoms with E-state index in [1.165, 1.54) is 0 Å². The van der Waals surface area contributed by atoms with Gasteiger partial charge < -0.3 is 10.5 Å². The predicted octanol–water partition coefficient (Wildman–Crippen LogP) is 5.02. The van der Waals surface area contributed by atoms with Gasteiger partial charge in [0.15, 0.2) is 5.75 Å². The number of nitrogen functional groups attached to an aromatic ring is 1. The topological polar surface area (TPSA) is 35.2 Å². The van der Waals surface area contributed by atoms with Gasteiger partial charge in [-0.15, -0.1) is 0 Å². The Kier molecular flexibility index (Phi) is 3.67. The Labute approximate surface area is 114 Å². The van der Waals surface area contributed by atoms with Crippen molar-refractivity contribution in [3.05, 3.63) is 51.5 Å². The van der Waals surface area contributed by atoms with Crippen molar-refractivity contribution in [1.29, 1.82) is 0 Å². The van der Waals surface area contributed by atoms with Gasteiger partial charge in [0.05, 0.1) is 10.7 Å². The molecule has 0 radical (unpaired) electrons. The van der Waals surface area contributed by atoms with Gasteiger partial charge >= 0.3 is 0 Å². The Hall–Kier alpha value is -1.09. The van der Waals surface area contributed by atoms with Gasteiger partial charge in [-0.1, -0.05) is 34.8 Å². The monoisotopic (exact) mass is 287 g/mol. The predicted molar refractivity (Wildman–Crippen MR) is 72.4 cm³/mol. The Morgan fingerprint density at radius 1 is 0.824 bits per heavy atom. The highest BCUT2D eigenvalue weighted by Crippen LogP contribution is 2.35. The van der Waals surface area contributed by atoms with Crippen LogP contribution in [-0.4, -0.2) is 0 Å². The van der Waals surface area contributed by atoms with E-state index in [4.69, 9.17) is 45.3 Å². The first-order valence-electron chi connectivity index (χ1n) is 4.74. The van der Waals surface area contributed by atoms with E-state index in [1.807, 2.05) is 0 Å². The molecule has 17 heavy (non-hydrogen) atoms. The maximum atomic E-state index is 5.99. The average molecular weight is 289 g/mol. The first-order chi connectivity index (χ1) is 8.06. The summed E-state index contributed by atoms with van der Waals surface area (Å²) >= 11 is 17.6. The molecule has 2 rings (SSSR count). The summed E-state index contributed by atoms with van der Waals surface area (Å²) in [7, 11) is 0. The number of benzene rings is 2. The van der Waals surface area contributed by atoms with E-state index >= 15 is 0 Å². The Balaban J connectivity index is 2.34. The number of ether oxygens (including phenoxy) is 1. The van der Waals surface area contributed by atoms with E-state index in [2.05, 4.69) is 0 Å². The minimum absolute atomic E-state index is 0.414. The van der Waals surface area contributed by atoms with Crippen LogP contribution in [-0.2, 0) is 0 Å². The largest absolute Gasteiger partial charge is 0.454 e. The van der Waals surface area contributed by atoms with Gasteiger partial charge in [-0.3, -0.25) is 0 Å². The molecule has 2 aromatic rings. The smallest absolute Gasteiger partial charge is 0.151 e. The summed E-state index contributed by atoms with van der Waals surface area (Å²) in [5, 5.41) is 1.50. The van der Waals surface area contributed by atoms with Crippen molar-refractivity contribution in [2.75, 3.05) is 5.73 Å². The first kappa shape index (κ1) is 12.4. The van der Waals surface area contributed by atoms with Crippen LogP contribution < -0.4 is 10.5 Å². The second kappa shape index (κ2) is 5.05. The number of rotatable bonds is 2. The van der Waals surface area contributed by atoms with Crippen molar-refractivity contribution >= 4 is 40.5 Å². The molecule has 88 valence electrons. The van der Waals surface area contributed by atoms with E-state index in [9.17, 15) is 0 Å². The molecule has 0 aliphatic heterocycles. The van der Waals surface area contributed by atoms with Crippen LogP contribution in [0.25, 0.3) is 0 Å². The van der Waals surface area contributed by atoms with Gasteiger partial charge in [-0.2, -0.15) is 0 Å². The molecule has 5 heteroatoms. The highest BCUT2D eigenvalue weighted by Gasteiger charge is 2.07. The number of anilines is 1. The summed E-state index contributed by atoms with van der Waals surface area (Å²) in [6.07, 6.45) is 0. The lowest BCUT2D eigenvalue weighted by Crippen LogP contribution is -1.92. The van der Waals surface area contributed by atoms with E-state index < -0.39 is 0 Å². The van der Waals surface area contributed by atoms with Crippen molar-refractivity contribution in [3.63, 3.8) is 0 Å². The highest BCUT2D eigenvalue weighted by molar-refractivity contribution is 6.35. The molecule has 0 aliphatic rings. The van der Waals surface area contributed by atoms with Gasteiger partial charge in [-0.05, 0) is 30.3 Å². The van der Waals surface area contributed by atoms with Crippen LogP contribution in [0, 0.1) is 0 Å². The van der Waals surface area contributed by atoms with Crippen LogP contribution in [0.15, 0.2) is 36.4 Å². The maximum absolute atomic E-state index is 5.99. The van der Waals surface area contributed by atoms with Gasteiger partial charge in [0.1, 0.15) is 5.75 Å². The number of hydrogen-bond acceptors (Lipinski definition) is 2. The second-order valence-electron chi connectivity index (χ2n) is 3.36. The van der Waals surface area contributed by atoms with Gasteiger partial charge in [0, 0.05) is 16.1 Å². The molecule has 2 aromatic carbocycles. The van der Waals surface area contributed by atoms with Crippen molar-refractivity contribution < 1.29 is 4.74 Å². The second-order valence-corrected chi connectivity index (χ2v) is 4.64. The lowest BCUT2D eigenvalue weighted by Gasteiger charge is -2.10. The minimum atomic E-state index is 0.414. The minimum Gasteiger partial charge on any atom is -0.454 e. The summed E-state index contributed by atoms with van der Waals surface area (Å²) in [4.78, 5) is 0. The fourth-order valence-corrected chi connectivity index (χ4v) is 1.88. The van der Waals surface area contributed by atoms with E-state index in [-0.39, 0.29) is 0 Å². The summed E-state index contributed by atoms with van der Waals surface area (Å²) in [6, 6.07) is 9.93. The zero-order valence-corrected chi connectivity index (χ0v) is 10.9. The maximum Gasteiger partial charge on any atom is 0.151 e. The zero-order valence-electron chi connectivity index (χ0n) is 8.58. The van der Waals surface area contributed by atoms with Crippen molar-refractivity contribution in [2.45, 2.75) is 0 Å². The summed E-state index contributed by atoms with van der Waals surface area (Å²) < 4.78 is 5.58. The molecule has 0 aromatic heterocycles. The first-order valence-corrected chi connectivity index (χ1v) is 5.87. The lowest BCUT2D eigenvalue weighted by atomic mass is 10.3. The van der Waals surface area contributed by atoms with E-state index in [0.29, 0.717) is 32.3 Å². The molecule has 0 fully saturated rings. The standard InChI is InChI=1S/C12H8Cl3NO/c13-7-2-4-11(9(15)5-7)17-12-6-8(14)1-3-10(12)16/h1-6H,16H2. The Morgan fingerprint density at radius 2 is 1.47 bits per heavy atom. The average Bonchev–Trinajstić information content (AvgIpc) is 2.27. The molecule has 0 unspecified atom stereocenters. The van der Waals surface area contributed by atoms with Crippen LogP contribution in [0.1, 0.15) is 0 Å². The third-order valence-electron chi connectivity index (χ3n) is 2.09. The fourth-order valence-electron chi connectivity index (χ4n) is 1.27. The van der Waals surface area contributed by atoms with Gasteiger partial charge in [0.25, 0.3) is 0 Å². The fraction of sp³-hybridized carbons (Fsp3) is 0. The molecule has 2 nitrogen and oxygen atoms in total. The zero-order chi connectivity index (χ0) is 12.4. The van der Waals surface area contributed by atoms with E-state index in [1.54, 1.807) is 36.4 Å². The quantitative estimate of drug-likeness (QED) is 0.787. The normalized spacial score (nSPS) is 10.3. The molecule has 0 atom stereocenters. The molecule has 0 amide bonds. The number of nitrogens with two attached hydrogens (primary N) is 1. The lowest BCUT2D eigenvalue weighted by molar-refractivity contribution is 0.485. The molecule has 0 bridgehead atoms. The molecule has 0 heterocycles. The van der Waals surface area contributed by atoms with Crippen LogP contribution in [0.3, 0.4) is 0 Å². The van der Waals surface area contributed by atoms with E-state index in [0.717, 1.165) is 0 Å². The third kappa shape index (κ3) is 2.97. The summed E-state index contributed by atoms with van der Waals surface area (Å²) in [6.45, 7) is 0. The van der Waals surface area contributed by atoms with Crippen molar-refractivity contribution in [1.82, 2.24) is 0 Å². The Bertz CT molecular complexity index is 557. The number of halogens is 3. The third-order valence-corrected chi connectivity index (χ3v) is 2.86. The summed E-state index contributed by atoms with van der Waals surface area (Å²) in [5.41, 5.74) is 6.25. The summed E-state index contributed by atoms with van der Waals surface area (Å²) in [5.74, 6) is 0.937. The number of hydrogen-bond donors (Lipinski definition) is 1. The molecule has 2 N–H and O–H groups in total. The highest BCUT2D eigenvalue weighted by atomic mass is 35.5. The molecule has 0 spiro atoms. The van der Waals surface area contributed by atoms with Crippen molar-refractivity contribution in [3.8, 4) is 11.5 Å². The molecule has 0 saturated carbocycles. The van der Waals surface area contributed by atoms with Crippen LogP contribution in [0.4, 0.5) is 5.69 Å². The van der Waals surface area contributed by atoms with Crippen LogP contribution in [0.2, 0.25) is 15.1 Å². The molecular formula is C12H8Cl3NO. The molecule has 0 saturated heterocycles. The van der Waals surface area contributed by atoms with Crippen LogP contribution in [0.5, 0.6) is 11.5 Å². The molecule has 0 aliphatic carbocycles.